The SMILES string of the molecule is COc1nc(OC2CCC(F)CC2)c(F)cc1CNC(=O)C1CCCN1. The zero-order chi connectivity index (χ0) is 18.5. The molecule has 1 saturated heterocycles. The number of hydrogen-bond acceptors (Lipinski definition) is 5. The van der Waals surface area contributed by atoms with E-state index in [4.69, 9.17) is 9.47 Å². The Morgan fingerprint density at radius 2 is 2.08 bits per heavy atom. The third-order valence-electron chi connectivity index (χ3n) is 4.89. The van der Waals surface area contributed by atoms with Gasteiger partial charge in [0.1, 0.15) is 12.3 Å². The maximum Gasteiger partial charge on any atom is 0.254 e. The minimum Gasteiger partial charge on any atom is -0.481 e. The van der Waals surface area contributed by atoms with E-state index in [1.54, 1.807) is 0 Å². The maximum atomic E-state index is 14.4. The monoisotopic (exact) mass is 369 g/mol. The van der Waals surface area contributed by atoms with Crippen LogP contribution < -0.4 is 20.1 Å². The van der Waals surface area contributed by atoms with Crippen molar-refractivity contribution >= 4 is 5.91 Å². The minimum absolute atomic E-state index is 0.117. The van der Waals surface area contributed by atoms with E-state index in [-0.39, 0.29) is 36.4 Å². The lowest BCUT2D eigenvalue weighted by Gasteiger charge is -2.25. The molecule has 1 saturated carbocycles. The third kappa shape index (κ3) is 4.60. The van der Waals surface area contributed by atoms with Gasteiger partial charge in [0.25, 0.3) is 5.88 Å². The van der Waals surface area contributed by atoms with Crippen LogP contribution >= 0.6 is 0 Å². The van der Waals surface area contributed by atoms with Gasteiger partial charge in [-0.2, -0.15) is 4.98 Å². The van der Waals surface area contributed by atoms with Crippen molar-refractivity contribution in [1.82, 2.24) is 15.6 Å². The topological polar surface area (TPSA) is 72.5 Å². The highest BCUT2D eigenvalue weighted by Gasteiger charge is 2.25. The highest BCUT2D eigenvalue weighted by atomic mass is 19.1. The van der Waals surface area contributed by atoms with Crippen LogP contribution in [-0.2, 0) is 11.3 Å². The molecular formula is C18H25F2N3O3. The molecule has 2 fully saturated rings. The summed E-state index contributed by atoms with van der Waals surface area (Å²) in [7, 11) is 1.43. The van der Waals surface area contributed by atoms with Crippen molar-refractivity contribution in [2.45, 2.75) is 63.4 Å². The van der Waals surface area contributed by atoms with Crippen LogP contribution in [0.1, 0.15) is 44.1 Å². The standard InChI is InChI=1S/C18H25F2N3O3/c1-25-17-11(10-22-16(24)15-3-2-8-21-15)9-14(20)18(23-17)26-13-6-4-12(19)5-7-13/h9,12-13,15,21H,2-8,10H2,1H3,(H,22,24). The highest BCUT2D eigenvalue weighted by molar-refractivity contribution is 5.82. The number of hydrogen-bond donors (Lipinski definition) is 2. The van der Waals surface area contributed by atoms with Crippen LogP contribution in [0.25, 0.3) is 0 Å². The fraction of sp³-hybridized carbons (Fsp3) is 0.667. The number of ether oxygens (including phenoxy) is 2. The molecule has 1 aliphatic heterocycles. The Balaban J connectivity index is 1.63. The van der Waals surface area contributed by atoms with Crippen LogP contribution in [0.15, 0.2) is 6.07 Å². The molecule has 0 bridgehead atoms. The van der Waals surface area contributed by atoms with E-state index in [9.17, 15) is 13.6 Å². The fourth-order valence-corrected chi connectivity index (χ4v) is 3.39. The fourth-order valence-electron chi connectivity index (χ4n) is 3.39. The number of halogens is 2. The van der Waals surface area contributed by atoms with Crippen LogP contribution in [0.4, 0.5) is 8.78 Å². The molecule has 0 spiro atoms. The van der Waals surface area contributed by atoms with Gasteiger partial charge >= 0.3 is 0 Å². The Labute approximate surface area is 151 Å². The summed E-state index contributed by atoms with van der Waals surface area (Å²) < 4.78 is 38.4. The molecule has 1 atom stereocenters. The zero-order valence-electron chi connectivity index (χ0n) is 14.9. The second kappa shape index (κ2) is 8.62. The molecular weight excluding hydrogens is 344 g/mol. The van der Waals surface area contributed by atoms with Crippen LogP contribution in [0, 0.1) is 5.82 Å². The largest absolute Gasteiger partial charge is 0.481 e. The van der Waals surface area contributed by atoms with E-state index in [0.717, 1.165) is 19.4 Å². The number of aromatic nitrogens is 1. The lowest BCUT2D eigenvalue weighted by molar-refractivity contribution is -0.122. The first-order valence-corrected chi connectivity index (χ1v) is 9.12. The third-order valence-corrected chi connectivity index (χ3v) is 4.89. The van der Waals surface area contributed by atoms with Gasteiger partial charge in [-0.3, -0.25) is 4.79 Å². The van der Waals surface area contributed by atoms with Crippen molar-refractivity contribution in [3.05, 3.63) is 17.4 Å². The second-order valence-corrected chi connectivity index (χ2v) is 6.80. The summed E-state index contributed by atoms with van der Waals surface area (Å²) >= 11 is 0. The molecule has 144 valence electrons. The number of carbonyl (C=O) groups excluding carboxylic acids is 1. The number of carbonyl (C=O) groups is 1. The number of nitrogens with one attached hydrogen (secondary N) is 2. The van der Waals surface area contributed by atoms with E-state index in [1.165, 1.54) is 13.2 Å². The number of methoxy groups -OCH3 is 1. The minimum atomic E-state index is -0.803. The molecule has 0 aromatic carbocycles. The van der Waals surface area contributed by atoms with E-state index < -0.39 is 12.0 Å². The van der Waals surface area contributed by atoms with Gasteiger partial charge < -0.3 is 20.1 Å². The van der Waals surface area contributed by atoms with Gasteiger partial charge in [0.15, 0.2) is 5.82 Å². The van der Waals surface area contributed by atoms with Gasteiger partial charge in [0.2, 0.25) is 11.8 Å². The molecule has 3 rings (SSSR count). The predicted molar refractivity (Wildman–Crippen MR) is 91.4 cm³/mol. The lowest BCUT2D eigenvalue weighted by Crippen LogP contribution is -2.40. The Morgan fingerprint density at radius 1 is 1.31 bits per heavy atom. The van der Waals surface area contributed by atoms with Crippen molar-refractivity contribution in [2.24, 2.45) is 0 Å². The van der Waals surface area contributed by atoms with Crippen LogP contribution in [0.2, 0.25) is 0 Å². The number of rotatable bonds is 6. The number of nitrogens with zero attached hydrogens (tertiary/aromatic N) is 1. The van der Waals surface area contributed by atoms with Gasteiger partial charge in [-0.05, 0) is 51.1 Å². The Hall–Kier alpha value is -1.96. The molecule has 1 aromatic heterocycles. The molecule has 1 aromatic rings. The summed E-state index contributed by atoms with van der Waals surface area (Å²) in [5.74, 6) is -0.665. The normalized spacial score (nSPS) is 25.7. The first-order valence-electron chi connectivity index (χ1n) is 9.12. The summed E-state index contributed by atoms with van der Waals surface area (Å²) in [5.41, 5.74) is 0.441. The first kappa shape index (κ1) is 18.8. The summed E-state index contributed by atoms with van der Waals surface area (Å²) in [6.45, 7) is 0.950. The predicted octanol–water partition coefficient (Wildman–Crippen LogP) is 2.26. The van der Waals surface area contributed by atoms with Crippen molar-refractivity contribution in [2.75, 3.05) is 13.7 Å². The van der Waals surface area contributed by atoms with Gasteiger partial charge in [-0.25, -0.2) is 8.78 Å². The summed E-state index contributed by atoms with van der Waals surface area (Å²) in [4.78, 5) is 16.2. The molecule has 1 amide bonds. The van der Waals surface area contributed by atoms with Crippen molar-refractivity contribution < 1.29 is 23.0 Å². The zero-order valence-corrected chi connectivity index (χ0v) is 14.9. The van der Waals surface area contributed by atoms with Crippen LogP contribution in [0.3, 0.4) is 0 Å². The van der Waals surface area contributed by atoms with Gasteiger partial charge in [0.05, 0.1) is 13.2 Å². The van der Waals surface area contributed by atoms with Gasteiger partial charge in [0, 0.05) is 12.1 Å². The van der Waals surface area contributed by atoms with E-state index >= 15 is 0 Å². The Morgan fingerprint density at radius 3 is 2.73 bits per heavy atom. The van der Waals surface area contributed by atoms with Crippen molar-refractivity contribution in [1.29, 1.82) is 0 Å². The maximum absolute atomic E-state index is 14.4. The quantitative estimate of drug-likeness (QED) is 0.805. The van der Waals surface area contributed by atoms with Gasteiger partial charge in [-0.15, -0.1) is 0 Å². The molecule has 26 heavy (non-hydrogen) atoms. The highest BCUT2D eigenvalue weighted by Crippen LogP contribution is 2.29. The lowest BCUT2D eigenvalue weighted by atomic mass is 9.96. The van der Waals surface area contributed by atoms with E-state index in [0.29, 0.717) is 31.2 Å². The Kier molecular flexibility index (Phi) is 6.24. The second-order valence-electron chi connectivity index (χ2n) is 6.80. The average molecular weight is 369 g/mol. The number of alkyl halides is 1. The molecule has 1 aliphatic carbocycles. The average Bonchev–Trinajstić information content (AvgIpc) is 3.18. The summed E-state index contributed by atoms with van der Waals surface area (Å²) in [6, 6.07) is 1.07. The Bertz CT molecular complexity index is 630. The van der Waals surface area contributed by atoms with Crippen LogP contribution in [-0.4, -0.2) is 42.9 Å². The summed E-state index contributed by atoms with van der Waals surface area (Å²) in [6.07, 6.45) is 2.63. The van der Waals surface area contributed by atoms with Gasteiger partial charge in [-0.1, -0.05) is 0 Å². The molecule has 6 nitrogen and oxygen atoms in total. The molecule has 1 unspecified atom stereocenters. The number of pyridine rings is 1. The van der Waals surface area contributed by atoms with E-state index in [2.05, 4.69) is 15.6 Å². The molecule has 2 heterocycles. The molecule has 0 radical (unpaired) electrons. The number of amides is 1. The van der Waals surface area contributed by atoms with Crippen molar-refractivity contribution in [3.8, 4) is 11.8 Å². The molecule has 2 N–H and O–H groups in total. The molecule has 2 aliphatic rings. The first-order chi connectivity index (χ1) is 12.6. The summed E-state index contributed by atoms with van der Waals surface area (Å²) in [5, 5.41) is 5.89. The smallest absolute Gasteiger partial charge is 0.254 e. The van der Waals surface area contributed by atoms with Crippen molar-refractivity contribution in [3.63, 3.8) is 0 Å². The molecule has 8 heteroatoms. The van der Waals surface area contributed by atoms with E-state index in [1.807, 2.05) is 0 Å². The van der Waals surface area contributed by atoms with Crippen LogP contribution in [0.5, 0.6) is 11.8 Å².